The van der Waals surface area contributed by atoms with E-state index in [1.165, 1.54) is 19.1 Å². The highest BCUT2D eigenvalue weighted by Crippen LogP contribution is 2.33. The number of nitrogens with zero attached hydrogens (tertiary/aromatic N) is 1. The average molecular weight is 431 g/mol. The number of piperidine rings is 1. The molecule has 0 aromatic heterocycles. The van der Waals surface area contributed by atoms with E-state index < -0.39 is 10.0 Å². The summed E-state index contributed by atoms with van der Waals surface area (Å²) in [6, 6.07) is -0.605. The van der Waals surface area contributed by atoms with Gasteiger partial charge in [0.15, 0.2) is 0 Å². The minimum atomic E-state index is -3.37. The number of aliphatic hydroxyl groups is 1. The zero-order valence-corrected chi connectivity index (χ0v) is 18.9. The minimum Gasteiger partial charge on any atom is -0.393 e. The molecule has 2 saturated carbocycles. The van der Waals surface area contributed by atoms with Crippen molar-refractivity contribution in [2.45, 2.75) is 89.5 Å². The van der Waals surface area contributed by atoms with Crippen LogP contribution in [0.15, 0.2) is 0 Å². The van der Waals surface area contributed by atoms with E-state index in [1.807, 2.05) is 4.90 Å². The number of aliphatic hydroxyl groups excluding tert-OH is 1. The van der Waals surface area contributed by atoms with Gasteiger partial charge >= 0.3 is 0 Å². The van der Waals surface area contributed by atoms with Gasteiger partial charge < -0.3 is 14.7 Å². The predicted octanol–water partition coefficient (Wildman–Crippen LogP) is 1.90. The molecule has 1 aliphatic heterocycles. The summed E-state index contributed by atoms with van der Waals surface area (Å²) in [6.45, 7) is 5.54. The lowest BCUT2D eigenvalue weighted by Crippen LogP contribution is -2.61. The van der Waals surface area contributed by atoms with Crippen LogP contribution in [0.3, 0.4) is 0 Å². The van der Waals surface area contributed by atoms with Crippen molar-refractivity contribution in [1.82, 2.24) is 9.62 Å². The molecule has 3 rings (SSSR count). The monoisotopic (exact) mass is 430 g/mol. The van der Waals surface area contributed by atoms with Gasteiger partial charge in [0.25, 0.3) is 0 Å². The van der Waals surface area contributed by atoms with Gasteiger partial charge in [-0.25, -0.2) is 13.1 Å². The molecule has 1 saturated heterocycles. The van der Waals surface area contributed by atoms with E-state index >= 15 is 0 Å². The third-order valence-corrected chi connectivity index (χ3v) is 7.79. The van der Waals surface area contributed by atoms with Gasteiger partial charge in [0.1, 0.15) is 0 Å². The van der Waals surface area contributed by atoms with Crippen LogP contribution >= 0.6 is 0 Å². The number of hydrogen-bond acceptors (Lipinski definition) is 5. The Kier molecular flexibility index (Phi) is 7.62. The summed E-state index contributed by atoms with van der Waals surface area (Å²) in [5.41, 5.74) is 0. The largest absolute Gasteiger partial charge is 0.393 e. The van der Waals surface area contributed by atoms with Crippen molar-refractivity contribution in [2.75, 3.05) is 19.4 Å². The van der Waals surface area contributed by atoms with Gasteiger partial charge in [-0.05, 0) is 63.2 Å². The molecule has 2 aliphatic carbocycles. The lowest BCUT2D eigenvalue weighted by molar-refractivity contribution is -0.149. The summed E-state index contributed by atoms with van der Waals surface area (Å²) in [6.07, 6.45) is 7.85. The Morgan fingerprint density at radius 2 is 1.83 bits per heavy atom. The van der Waals surface area contributed by atoms with Crippen LogP contribution in [0, 0.1) is 17.8 Å². The maximum Gasteiger partial charge on any atom is 0.226 e. The third-order valence-electron chi connectivity index (χ3n) is 7.05. The summed E-state index contributed by atoms with van der Waals surface area (Å²) >= 11 is 0. The van der Waals surface area contributed by atoms with Gasteiger partial charge in [-0.15, -0.1) is 0 Å². The molecular weight excluding hydrogens is 392 g/mol. The van der Waals surface area contributed by atoms with Crippen molar-refractivity contribution in [3.63, 3.8) is 0 Å². The number of sulfonamides is 1. The molecule has 0 radical (unpaired) electrons. The number of hydrogen-bond donors (Lipinski definition) is 2. The van der Waals surface area contributed by atoms with Crippen molar-refractivity contribution in [2.24, 2.45) is 17.8 Å². The first kappa shape index (κ1) is 23.0. The molecule has 0 spiro atoms. The second-order valence-corrected chi connectivity index (χ2v) is 11.5. The first-order valence-electron chi connectivity index (χ1n) is 11.2. The number of amides is 1. The molecule has 2 N–H and O–H groups in total. The summed E-state index contributed by atoms with van der Waals surface area (Å²) in [7, 11) is -3.37. The fraction of sp³-hybridized carbons (Fsp3) is 0.952. The van der Waals surface area contributed by atoms with Crippen LogP contribution in [-0.2, 0) is 19.6 Å². The predicted molar refractivity (Wildman–Crippen MR) is 112 cm³/mol. The average Bonchev–Trinajstić information content (AvgIpc) is 2.63. The van der Waals surface area contributed by atoms with Crippen LogP contribution in [0.1, 0.15) is 65.2 Å². The number of nitrogens with one attached hydrogen (secondary N) is 1. The molecule has 7 nitrogen and oxygen atoms in total. The maximum absolute atomic E-state index is 13.0. The molecule has 0 aromatic rings. The fourth-order valence-electron chi connectivity index (χ4n) is 5.13. The number of carbonyl (C=O) groups is 1. The minimum absolute atomic E-state index is 0.0346. The number of likely N-dealkylation sites (tertiary alicyclic amines) is 1. The Bertz CT molecular complexity index is 654. The van der Waals surface area contributed by atoms with E-state index in [0.717, 1.165) is 25.2 Å². The van der Waals surface area contributed by atoms with Crippen molar-refractivity contribution < 1.29 is 23.1 Å². The zero-order chi connectivity index (χ0) is 21.2. The van der Waals surface area contributed by atoms with Gasteiger partial charge in [0, 0.05) is 18.5 Å². The van der Waals surface area contributed by atoms with Crippen LogP contribution < -0.4 is 4.72 Å². The normalized spacial score (nSPS) is 36.1. The smallest absolute Gasteiger partial charge is 0.226 e. The van der Waals surface area contributed by atoms with Crippen LogP contribution in [0.4, 0.5) is 0 Å². The molecule has 8 heteroatoms. The molecule has 168 valence electrons. The quantitative estimate of drug-likeness (QED) is 0.643. The molecule has 0 bridgehead atoms. The number of ether oxygens (including phenoxy) is 1. The SMILES string of the molecule is CC(C)C1CCC(OC[C@H]2[C@@H](NS(C)(=O)=O)CCCN2C(=O)C2CC(O)C2)CC1. The number of rotatable bonds is 7. The number of carbonyl (C=O) groups excluding carboxylic acids is 1. The van der Waals surface area contributed by atoms with Gasteiger partial charge in [0.2, 0.25) is 15.9 Å². The van der Waals surface area contributed by atoms with E-state index in [9.17, 15) is 18.3 Å². The molecular formula is C21H38N2O5S. The Labute approximate surface area is 175 Å². The molecule has 2 atom stereocenters. The van der Waals surface area contributed by atoms with Crippen molar-refractivity contribution in [1.29, 1.82) is 0 Å². The lowest BCUT2D eigenvalue weighted by Gasteiger charge is -2.45. The van der Waals surface area contributed by atoms with E-state index in [4.69, 9.17) is 4.74 Å². The van der Waals surface area contributed by atoms with Gasteiger partial charge in [-0.1, -0.05) is 13.8 Å². The topological polar surface area (TPSA) is 95.9 Å². The summed E-state index contributed by atoms with van der Waals surface area (Å²) < 4.78 is 32.8. The molecule has 0 unspecified atom stereocenters. The van der Waals surface area contributed by atoms with E-state index in [-0.39, 0.29) is 36.1 Å². The Hall–Kier alpha value is -0.700. The molecule has 1 amide bonds. The molecule has 3 aliphatic rings. The van der Waals surface area contributed by atoms with Gasteiger partial charge in [-0.2, -0.15) is 0 Å². The Morgan fingerprint density at radius 1 is 1.17 bits per heavy atom. The van der Waals surface area contributed by atoms with Crippen molar-refractivity contribution in [3.05, 3.63) is 0 Å². The van der Waals surface area contributed by atoms with Crippen molar-refractivity contribution in [3.8, 4) is 0 Å². The highest BCUT2D eigenvalue weighted by atomic mass is 32.2. The van der Waals surface area contributed by atoms with Gasteiger partial charge in [-0.3, -0.25) is 4.79 Å². The highest BCUT2D eigenvalue weighted by Gasteiger charge is 2.42. The van der Waals surface area contributed by atoms with Crippen LogP contribution in [0.2, 0.25) is 0 Å². The van der Waals surface area contributed by atoms with Crippen molar-refractivity contribution >= 4 is 15.9 Å². The van der Waals surface area contributed by atoms with E-state index in [1.54, 1.807) is 0 Å². The Morgan fingerprint density at radius 3 is 2.38 bits per heavy atom. The third kappa shape index (κ3) is 6.15. The molecule has 0 aromatic carbocycles. The first-order chi connectivity index (χ1) is 13.6. The van der Waals surface area contributed by atoms with Crippen LogP contribution in [0.25, 0.3) is 0 Å². The van der Waals surface area contributed by atoms with E-state index in [2.05, 4.69) is 18.6 Å². The fourth-order valence-corrected chi connectivity index (χ4v) is 5.95. The lowest BCUT2D eigenvalue weighted by atomic mass is 9.80. The second kappa shape index (κ2) is 9.62. The Balaban J connectivity index is 1.63. The summed E-state index contributed by atoms with van der Waals surface area (Å²) in [4.78, 5) is 14.8. The van der Waals surface area contributed by atoms with Gasteiger partial charge in [0.05, 0.1) is 31.1 Å². The highest BCUT2D eigenvalue weighted by molar-refractivity contribution is 7.88. The first-order valence-corrected chi connectivity index (χ1v) is 13.1. The second-order valence-electron chi connectivity index (χ2n) is 9.67. The summed E-state index contributed by atoms with van der Waals surface area (Å²) in [5.74, 6) is 1.34. The molecule has 3 fully saturated rings. The molecule has 1 heterocycles. The van der Waals surface area contributed by atoms with E-state index in [0.29, 0.717) is 38.3 Å². The standard InChI is InChI=1S/C21H38N2O5S/c1-14(2)15-6-8-18(9-7-15)28-13-20-19(22-29(3,26)27)5-4-10-23(20)21(25)16-11-17(24)12-16/h14-20,22,24H,4-13H2,1-3H3/t15?,16?,17?,18?,19-,20-/m0/s1. The maximum atomic E-state index is 13.0. The van der Waals surface area contributed by atoms with Crippen LogP contribution in [-0.4, -0.2) is 68.0 Å². The van der Waals surface area contributed by atoms with Crippen LogP contribution in [0.5, 0.6) is 0 Å². The summed E-state index contributed by atoms with van der Waals surface area (Å²) in [5, 5.41) is 9.58. The zero-order valence-electron chi connectivity index (χ0n) is 18.0. The molecule has 29 heavy (non-hydrogen) atoms.